The molecule has 4 rings (SSSR count). The number of nitrogens with one attached hydrogen (secondary N) is 1. The fourth-order valence-electron chi connectivity index (χ4n) is 2.90. The predicted molar refractivity (Wildman–Crippen MR) is 90.4 cm³/mol. The quantitative estimate of drug-likeness (QED) is 0.585. The fraction of sp³-hybridized carbons (Fsp3) is 0.176. The van der Waals surface area contributed by atoms with Gasteiger partial charge in [0.05, 0.1) is 22.6 Å². The number of carbonyl (C=O) groups is 1. The Morgan fingerprint density at radius 2 is 2.16 bits per heavy atom. The average Bonchev–Trinajstić information content (AvgIpc) is 2.99. The zero-order chi connectivity index (χ0) is 17.4. The summed E-state index contributed by atoms with van der Waals surface area (Å²) in [6, 6.07) is 11.1. The van der Waals surface area contributed by atoms with Crippen LogP contribution in [0.3, 0.4) is 0 Å². The van der Waals surface area contributed by atoms with E-state index in [1.807, 2.05) is 6.07 Å². The number of imidazole rings is 1. The number of nitrogens with zero attached hydrogens (tertiary/aromatic N) is 3. The first-order valence-electron chi connectivity index (χ1n) is 7.74. The third kappa shape index (κ3) is 2.83. The molecule has 25 heavy (non-hydrogen) atoms. The van der Waals surface area contributed by atoms with Gasteiger partial charge in [-0.05, 0) is 24.3 Å². The van der Waals surface area contributed by atoms with E-state index in [0.29, 0.717) is 18.9 Å². The molecule has 3 aromatic rings. The largest absolute Gasteiger partial charge is 0.372 e. The van der Waals surface area contributed by atoms with Crippen LogP contribution in [0.2, 0.25) is 0 Å². The van der Waals surface area contributed by atoms with Gasteiger partial charge in [0.2, 0.25) is 0 Å². The Labute approximate surface area is 142 Å². The molecular weight excluding hydrogens is 324 g/mol. The van der Waals surface area contributed by atoms with Crippen molar-refractivity contribution in [2.75, 3.05) is 11.9 Å². The molecule has 2 aromatic carbocycles. The number of anilines is 1. The lowest BCUT2D eigenvalue weighted by Crippen LogP contribution is -2.16. The van der Waals surface area contributed by atoms with E-state index in [0.717, 1.165) is 23.4 Å². The second kappa shape index (κ2) is 5.99. The first-order valence-corrected chi connectivity index (χ1v) is 7.74. The molecule has 8 nitrogen and oxygen atoms in total. The molecule has 1 aromatic heterocycles. The molecule has 0 aliphatic carbocycles. The van der Waals surface area contributed by atoms with E-state index in [-0.39, 0.29) is 11.3 Å². The van der Waals surface area contributed by atoms with Crippen LogP contribution in [0.25, 0.3) is 11.0 Å². The molecule has 1 aliphatic heterocycles. The van der Waals surface area contributed by atoms with Crippen molar-refractivity contribution in [2.24, 2.45) is 0 Å². The minimum Gasteiger partial charge on any atom is -0.372 e. The summed E-state index contributed by atoms with van der Waals surface area (Å²) < 4.78 is 7.50. The van der Waals surface area contributed by atoms with Gasteiger partial charge >= 0.3 is 0 Å². The summed E-state index contributed by atoms with van der Waals surface area (Å²) >= 11 is 0. The summed E-state index contributed by atoms with van der Waals surface area (Å²) in [5.41, 5.74) is 2.46. The molecule has 0 fully saturated rings. The van der Waals surface area contributed by atoms with Gasteiger partial charge < -0.3 is 14.6 Å². The number of non-ortho nitro benzene ring substituents is 1. The Morgan fingerprint density at radius 3 is 3.00 bits per heavy atom. The van der Waals surface area contributed by atoms with Crippen molar-refractivity contribution in [1.82, 2.24) is 9.55 Å². The first-order chi connectivity index (χ1) is 12.1. The molecule has 1 N–H and O–H groups in total. The molecule has 0 spiro atoms. The third-order valence-electron chi connectivity index (χ3n) is 4.09. The van der Waals surface area contributed by atoms with Gasteiger partial charge in [-0.25, -0.2) is 4.98 Å². The van der Waals surface area contributed by atoms with Crippen LogP contribution in [0.15, 0.2) is 42.5 Å². The van der Waals surface area contributed by atoms with Crippen LogP contribution in [-0.2, 0) is 17.9 Å². The van der Waals surface area contributed by atoms with E-state index in [9.17, 15) is 14.9 Å². The number of nitro groups is 1. The summed E-state index contributed by atoms with van der Waals surface area (Å²) in [6.45, 7) is 1.89. The SMILES string of the molecule is O=C(Nc1ccc2c(c1)nc1n2CCOC1)c1cccc([N+](=O)[O-])c1. The number of aromatic nitrogens is 2. The zero-order valence-electron chi connectivity index (χ0n) is 13.1. The van der Waals surface area contributed by atoms with Crippen LogP contribution < -0.4 is 5.32 Å². The maximum absolute atomic E-state index is 12.3. The molecule has 0 bridgehead atoms. The molecular formula is C17H14N4O4. The van der Waals surface area contributed by atoms with Crippen LogP contribution in [0.4, 0.5) is 11.4 Å². The van der Waals surface area contributed by atoms with Crippen molar-refractivity contribution in [1.29, 1.82) is 0 Å². The Kier molecular flexibility index (Phi) is 3.66. The highest BCUT2D eigenvalue weighted by molar-refractivity contribution is 6.05. The number of amides is 1. The molecule has 0 unspecified atom stereocenters. The van der Waals surface area contributed by atoms with Crippen LogP contribution in [0, 0.1) is 10.1 Å². The van der Waals surface area contributed by atoms with E-state index in [1.165, 1.54) is 24.3 Å². The number of carbonyl (C=O) groups excluding carboxylic acids is 1. The van der Waals surface area contributed by atoms with E-state index < -0.39 is 10.8 Å². The lowest BCUT2D eigenvalue weighted by molar-refractivity contribution is -0.384. The third-order valence-corrected chi connectivity index (χ3v) is 4.09. The van der Waals surface area contributed by atoms with Gasteiger partial charge in [-0.2, -0.15) is 0 Å². The van der Waals surface area contributed by atoms with Crippen molar-refractivity contribution in [3.8, 4) is 0 Å². The number of ether oxygens (including phenoxy) is 1. The molecule has 2 heterocycles. The molecule has 8 heteroatoms. The van der Waals surface area contributed by atoms with Crippen LogP contribution in [0.5, 0.6) is 0 Å². The summed E-state index contributed by atoms with van der Waals surface area (Å²) in [7, 11) is 0. The maximum atomic E-state index is 12.3. The molecule has 126 valence electrons. The van der Waals surface area contributed by atoms with Crippen LogP contribution in [0.1, 0.15) is 16.2 Å². The average molecular weight is 338 g/mol. The molecule has 0 atom stereocenters. The van der Waals surface area contributed by atoms with Crippen molar-refractivity contribution >= 4 is 28.3 Å². The van der Waals surface area contributed by atoms with Crippen molar-refractivity contribution in [3.63, 3.8) is 0 Å². The van der Waals surface area contributed by atoms with Crippen LogP contribution >= 0.6 is 0 Å². The lowest BCUT2D eigenvalue weighted by atomic mass is 10.2. The van der Waals surface area contributed by atoms with E-state index in [2.05, 4.69) is 14.9 Å². The topological polar surface area (TPSA) is 99.3 Å². The molecule has 0 saturated heterocycles. The standard InChI is InChI=1S/C17H14N4O4/c22-17(11-2-1-3-13(8-11)21(23)24)18-12-4-5-15-14(9-12)19-16-10-25-7-6-20(15)16/h1-5,8-9H,6-7,10H2,(H,18,22). The highest BCUT2D eigenvalue weighted by atomic mass is 16.6. The number of rotatable bonds is 3. The van der Waals surface area contributed by atoms with Gasteiger partial charge in [-0.3, -0.25) is 14.9 Å². The fourth-order valence-corrected chi connectivity index (χ4v) is 2.90. The van der Waals surface area contributed by atoms with Gasteiger partial charge in [-0.1, -0.05) is 6.07 Å². The Balaban J connectivity index is 1.61. The molecule has 1 aliphatic rings. The minimum atomic E-state index is -0.527. The number of hydrogen-bond acceptors (Lipinski definition) is 5. The van der Waals surface area contributed by atoms with Crippen molar-refractivity contribution in [3.05, 3.63) is 64.0 Å². The number of hydrogen-bond donors (Lipinski definition) is 1. The van der Waals surface area contributed by atoms with E-state index >= 15 is 0 Å². The second-order valence-corrected chi connectivity index (χ2v) is 5.70. The molecule has 0 saturated carbocycles. The first kappa shape index (κ1) is 15.3. The predicted octanol–water partition coefficient (Wildman–Crippen LogP) is 2.73. The maximum Gasteiger partial charge on any atom is 0.270 e. The smallest absolute Gasteiger partial charge is 0.270 e. The van der Waals surface area contributed by atoms with Gasteiger partial charge in [0.1, 0.15) is 12.4 Å². The second-order valence-electron chi connectivity index (χ2n) is 5.70. The number of benzene rings is 2. The van der Waals surface area contributed by atoms with Gasteiger partial charge in [0.15, 0.2) is 0 Å². The van der Waals surface area contributed by atoms with Crippen LogP contribution in [-0.4, -0.2) is 27.0 Å². The Hall–Kier alpha value is -3.26. The van der Waals surface area contributed by atoms with E-state index in [4.69, 9.17) is 4.74 Å². The lowest BCUT2D eigenvalue weighted by Gasteiger charge is -2.14. The van der Waals surface area contributed by atoms with Gasteiger partial charge in [-0.15, -0.1) is 0 Å². The molecule has 1 amide bonds. The minimum absolute atomic E-state index is 0.120. The summed E-state index contributed by atoms with van der Waals surface area (Å²) in [5, 5.41) is 13.6. The summed E-state index contributed by atoms with van der Waals surface area (Å²) in [5.74, 6) is 0.457. The summed E-state index contributed by atoms with van der Waals surface area (Å²) in [6.07, 6.45) is 0. The zero-order valence-corrected chi connectivity index (χ0v) is 13.1. The summed E-state index contributed by atoms with van der Waals surface area (Å²) in [4.78, 5) is 27.2. The van der Waals surface area contributed by atoms with Gasteiger partial charge in [0, 0.05) is 29.9 Å². The number of nitro benzene ring substituents is 1. The highest BCUT2D eigenvalue weighted by Gasteiger charge is 2.16. The highest BCUT2D eigenvalue weighted by Crippen LogP contribution is 2.23. The number of fused-ring (bicyclic) bond motifs is 3. The van der Waals surface area contributed by atoms with E-state index in [1.54, 1.807) is 12.1 Å². The molecule has 0 radical (unpaired) electrons. The van der Waals surface area contributed by atoms with Crippen molar-refractivity contribution in [2.45, 2.75) is 13.2 Å². The van der Waals surface area contributed by atoms with Gasteiger partial charge in [0.25, 0.3) is 11.6 Å². The monoisotopic (exact) mass is 338 g/mol. The Bertz CT molecular complexity index is 995. The Morgan fingerprint density at radius 1 is 1.28 bits per heavy atom. The normalized spacial score (nSPS) is 13.4. The van der Waals surface area contributed by atoms with Crippen molar-refractivity contribution < 1.29 is 14.5 Å².